The predicted octanol–water partition coefficient (Wildman–Crippen LogP) is 2.09. The zero-order valence-corrected chi connectivity index (χ0v) is 19.7. The second kappa shape index (κ2) is 8.18. The van der Waals surface area contributed by atoms with Crippen molar-refractivity contribution < 1.29 is 23.4 Å². The highest BCUT2D eigenvalue weighted by molar-refractivity contribution is 6.55. The molecule has 1 aliphatic rings. The lowest BCUT2D eigenvalue weighted by molar-refractivity contribution is -0.922. The molecule has 1 fully saturated rings. The van der Waals surface area contributed by atoms with Crippen molar-refractivity contribution in [2.24, 2.45) is 0 Å². The largest absolute Gasteiger partial charge is 0.634 e. The molecule has 0 radical (unpaired) electrons. The van der Waals surface area contributed by atoms with Crippen LogP contribution in [-0.2, 0) is 18.4 Å². The van der Waals surface area contributed by atoms with Crippen LogP contribution in [0.2, 0.25) is 23.2 Å². The summed E-state index contributed by atoms with van der Waals surface area (Å²) in [6.07, 6.45) is 1.12. The van der Waals surface area contributed by atoms with Gasteiger partial charge in [0.1, 0.15) is 6.04 Å². The summed E-state index contributed by atoms with van der Waals surface area (Å²) in [5, 5.41) is 12.1. The van der Waals surface area contributed by atoms with E-state index in [-0.39, 0.29) is 21.2 Å². The van der Waals surface area contributed by atoms with Crippen LogP contribution >= 0.6 is 0 Å². The third-order valence-electron chi connectivity index (χ3n) is 5.14. The van der Waals surface area contributed by atoms with Crippen molar-refractivity contribution in [3.05, 3.63) is 5.21 Å². The van der Waals surface area contributed by atoms with E-state index in [1.807, 2.05) is 0 Å². The highest BCUT2D eigenvalue weighted by Crippen LogP contribution is 2.37. The van der Waals surface area contributed by atoms with Gasteiger partial charge in [0.05, 0.1) is 13.0 Å². The Morgan fingerprint density at radius 3 is 1.76 bits per heavy atom. The Morgan fingerprint density at radius 1 is 1.08 bits per heavy atom. The fourth-order valence-electron chi connectivity index (χ4n) is 2.31. The van der Waals surface area contributed by atoms with E-state index in [9.17, 15) is 10.0 Å². The maximum atomic E-state index is 11.9. The monoisotopic (exact) mass is 391 g/mol. The van der Waals surface area contributed by atoms with Gasteiger partial charge in [-0.15, -0.1) is 0 Å². The number of carbonyl (C=O) groups excluding carboxylic acids is 1. The van der Waals surface area contributed by atoms with E-state index >= 15 is 0 Å². The zero-order valence-electron chi connectivity index (χ0n) is 17.4. The number of ether oxygens (including phenoxy) is 1. The van der Waals surface area contributed by atoms with Crippen LogP contribution in [-0.4, -0.2) is 42.6 Å². The number of hydroxylamine groups is 2. The first-order valence-corrected chi connectivity index (χ1v) is 13.6. The average Bonchev–Trinajstić information content (AvgIpc) is 2.40. The minimum atomic E-state index is -1.74. The summed E-state index contributed by atoms with van der Waals surface area (Å²) in [4.78, 5) is 11.9. The van der Waals surface area contributed by atoms with Crippen molar-refractivity contribution in [1.29, 1.82) is 0 Å². The van der Waals surface area contributed by atoms with Crippen LogP contribution in [0.5, 0.6) is 0 Å². The lowest BCUT2D eigenvalue weighted by Gasteiger charge is -2.47. The average molecular weight is 392 g/mol. The summed E-state index contributed by atoms with van der Waals surface area (Å²) in [7, 11) is -3.49. The van der Waals surface area contributed by atoms with E-state index < -0.39 is 30.0 Å². The standard InChI is InChI=1S/C17H37NO5Si2/c1-13(19)21-17(12-14-10-11-18(14)20,22-24(8)15(2,3)4)23-25(9)16(5,6)7/h14,18,24-25H,10-12H2,1-9H3. The smallest absolute Gasteiger partial charge is 0.316 e. The third kappa shape index (κ3) is 6.76. The lowest BCUT2D eigenvalue weighted by Crippen LogP contribution is -3.18. The van der Waals surface area contributed by atoms with Gasteiger partial charge in [-0.25, -0.2) is 0 Å². The maximum absolute atomic E-state index is 11.9. The molecule has 0 amide bonds. The highest BCUT2D eigenvalue weighted by atomic mass is 28.3. The summed E-state index contributed by atoms with van der Waals surface area (Å²) >= 11 is 0. The van der Waals surface area contributed by atoms with Gasteiger partial charge in [-0.05, 0) is 23.2 Å². The molecule has 1 aliphatic heterocycles. The molecule has 6 nitrogen and oxygen atoms in total. The number of carbonyl (C=O) groups is 1. The molecule has 1 saturated heterocycles. The van der Waals surface area contributed by atoms with Gasteiger partial charge in [-0.2, -0.15) is 0 Å². The minimum absolute atomic E-state index is 0.00902. The van der Waals surface area contributed by atoms with Crippen LogP contribution in [0.1, 0.15) is 61.3 Å². The highest BCUT2D eigenvalue weighted by Gasteiger charge is 2.48. The Kier molecular flexibility index (Phi) is 7.46. The fourth-order valence-corrected chi connectivity index (χ4v) is 4.60. The Labute approximate surface area is 156 Å². The Balaban J connectivity index is 3.13. The van der Waals surface area contributed by atoms with E-state index in [2.05, 4.69) is 54.6 Å². The first-order chi connectivity index (χ1) is 11.2. The second-order valence-electron chi connectivity index (χ2n) is 9.43. The molecule has 4 unspecified atom stereocenters. The molecule has 4 atom stereocenters. The molecular formula is C17H37NO5Si2. The molecule has 0 aliphatic carbocycles. The lowest BCUT2D eigenvalue weighted by atomic mass is 10.0. The second-order valence-corrected chi connectivity index (χ2v) is 15.9. The molecule has 0 aromatic heterocycles. The fraction of sp³-hybridized carbons (Fsp3) is 0.941. The number of quaternary nitrogens is 1. The molecular weight excluding hydrogens is 354 g/mol. The number of esters is 1. The van der Waals surface area contributed by atoms with Crippen LogP contribution < -0.4 is 5.06 Å². The molecule has 1 N–H and O–H groups in total. The Morgan fingerprint density at radius 2 is 1.52 bits per heavy atom. The number of nitrogens with one attached hydrogen (secondary N) is 1. The first kappa shape index (κ1) is 22.8. The zero-order chi connectivity index (χ0) is 19.6. The van der Waals surface area contributed by atoms with Gasteiger partial charge in [0.15, 0.2) is 18.1 Å². The Hall–Kier alpha value is -0.256. The van der Waals surface area contributed by atoms with Crippen molar-refractivity contribution in [1.82, 2.24) is 0 Å². The molecule has 0 aromatic carbocycles. The summed E-state index contributed by atoms with van der Waals surface area (Å²) in [6.45, 7) is 18.9. The summed E-state index contributed by atoms with van der Waals surface area (Å²) in [6, 6.07) is -0.137. The van der Waals surface area contributed by atoms with Gasteiger partial charge in [-0.3, -0.25) is 4.79 Å². The molecule has 8 heteroatoms. The summed E-state index contributed by atoms with van der Waals surface area (Å²) in [5.74, 6) is -1.85. The van der Waals surface area contributed by atoms with Crippen molar-refractivity contribution in [2.75, 3.05) is 6.54 Å². The van der Waals surface area contributed by atoms with Crippen molar-refractivity contribution >= 4 is 24.0 Å². The van der Waals surface area contributed by atoms with Crippen molar-refractivity contribution in [3.8, 4) is 0 Å². The van der Waals surface area contributed by atoms with Gasteiger partial charge in [0, 0.05) is 13.3 Å². The van der Waals surface area contributed by atoms with Gasteiger partial charge in [0.25, 0.3) is 0 Å². The molecule has 0 saturated carbocycles. The molecule has 148 valence electrons. The van der Waals surface area contributed by atoms with E-state index in [0.717, 1.165) is 6.42 Å². The van der Waals surface area contributed by atoms with Gasteiger partial charge in [-0.1, -0.05) is 41.5 Å². The number of hydrogen-bond donors (Lipinski definition) is 1. The maximum Gasteiger partial charge on any atom is 0.316 e. The van der Waals surface area contributed by atoms with E-state index in [1.165, 1.54) is 6.92 Å². The molecule has 1 rings (SSSR count). The van der Waals surface area contributed by atoms with Crippen LogP contribution in [0, 0.1) is 5.21 Å². The van der Waals surface area contributed by atoms with Crippen LogP contribution in [0.25, 0.3) is 0 Å². The Bertz CT molecular complexity index is 439. The third-order valence-corrected chi connectivity index (χ3v) is 11.4. The molecule has 1 heterocycles. The number of rotatable bonds is 7. The number of hydrogen-bond acceptors (Lipinski definition) is 5. The van der Waals surface area contributed by atoms with E-state index in [4.69, 9.17) is 13.6 Å². The predicted molar refractivity (Wildman–Crippen MR) is 104 cm³/mol. The topological polar surface area (TPSA) is 72.3 Å². The van der Waals surface area contributed by atoms with E-state index in [0.29, 0.717) is 13.0 Å². The molecule has 0 aromatic rings. The van der Waals surface area contributed by atoms with Crippen molar-refractivity contribution in [2.45, 2.75) is 96.5 Å². The van der Waals surface area contributed by atoms with Gasteiger partial charge in [0.2, 0.25) is 0 Å². The summed E-state index contributed by atoms with van der Waals surface area (Å²) < 4.78 is 18.4. The molecule has 0 spiro atoms. The quantitative estimate of drug-likeness (QED) is 0.311. The van der Waals surface area contributed by atoms with Crippen LogP contribution in [0.15, 0.2) is 0 Å². The van der Waals surface area contributed by atoms with E-state index in [1.54, 1.807) is 0 Å². The van der Waals surface area contributed by atoms with Crippen LogP contribution in [0.3, 0.4) is 0 Å². The first-order valence-electron chi connectivity index (χ1n) is 9.24. The molecule has 0 bridgehead atoms. The van der Waals surface area contributed by atoms with Gasteiger partial charge >= 0.3 is 11.9 Å². The molecule has 25 heavy (non-hydrogen) atoms. The minimum Gasteiger partial charge on any atom is -0.634 e. The van der Waals surface area contributed by atoms with Crippen molar-refractivity contribution in [3.63, 3.8) is 0 Å². The summed E-state index contributed by atoms with van der Waals surface area (Å²) in [5.41, 5.74) is 0. The normalized spacial score (nSPS) is 26.3. The SMILES string of the molecule is CC(=O)OC(CC1CC[NH+]1[O-])(O[SiH](C)C(C)(C)C)O[SiH](C)C(C)(C)C. The van der Waals surface area contributed by atoms with Gasteiger partial charge < -0.3 is 23.9 Å². The van der Waals surface area contributed by atoms with Crippen LogP contribution in [0.4, 0.5) is 0 Å².